The summed E-state index contributed by atoms with van der Waals surface area (Å²) in [6, 6.07) is 14.4. The van der Waals surface area contributed by atoms with Gasteiger partial charge in [0.25, 0.3) is 5.91 Å². The lowest BCUT2D eigenvalue weighted by Gasteiger charge is -2.32. The van der Waals surface area contributed by atoms with Gasteiger partial charge in [0.05, 0.1) is 10.9 Å². The summed E-state index contributed by atoms with van der Waals surface area (Å²) < 4.78 is 0.881. The fraction of sp³-hybridized carbons (Fsp3) is 0.211. The topological polar surface area (TPSA) is 57.7 Å². The van der Waals surface area contributed by atoms with Crippen molar-refractivity contribution in [3.05, 3.63) is 58.6 Å². The zero-order chi connectivity index (χ0) is 18.6. The summed E-state index contributed by atoms with van der Waals surface area (Å²) in [5.41, 5.74) is 1.84. The quantitative estimate of drug-likeness (QED) is 0.692. The lowest BCUT2D eigenvalue weighted by atomic mass is 10.0. The highest BCUT2D eigenvalue weighted by atomic mass is 79.9. The van der Waals surface area contributed by atoms with Crippen molar-refractivity contribution in [3.63, 3.8) is 0 Å². The molecule has 3 amide bonds. The summed E-state index contributed by atoms with van der Waals surface area (Å²) in [5.74, 6) is -0.898. The van der Waals surface area contributed by atoms with E-state index in [2.05, 4.69) is 15.9 Å². The Morgan fingerprint density at radius 3 is 2.42 bits per heavy atom. The first-order valence-electron chi connectivity index (χ1n) is 8.10. The van der Waals surface area contributed by atoms with Crippen LogP contribution in [0.25, 0.3) is 0 Å². The van der Waals surface area contributed by atoms with Crippen LogP contribution in [0.5, 0.6) is 0 Å². The van der Waals surface area contributed by atoms with Gasteiger partial charge in [-0.1, -0.05) is 34.1 Å². The van der Waals surface area contributed by atoms with Crippen molar-refractivity contribution in [1.29, 1.82) is 0 Å². The fourth-order valence-electron chi connectivity index (χ4n) is 3.57. The van der Waals surface area contributed by atoms with E-state index in [1.807, 2.05) is 24.3 Å². The number of carbonyl (C=O) groups excluding carboxylic acids is 3. The number of anilines is 2. The summed E-state index contributed by atoms with van der Waals surface area (Å²) >= 11 is 4.68. The van der Waals surface area contributed by atoms with Crippen molar-refractivity contribution in [2.75, 3.05) is 9.80 Å². The van der Waals surface area contributed by atoms with Crippen molar-refractivity contribution in [3.8, 4) is 0 Å². The molecule has 2 aromatic rings. The van der Waals surface area contributed by atoms with Gasteiger partial charge in [0.1, 0.15) is 0 Å². The second-order valence-corrected chi connectivity index (χ2v) is 8.68. The molecule has 2 aliphatic rings. The molecule has 1 saturated heterocycles. The van der Waals surface area contributed by atoms with E-state index in [0.29, 0.717) is 16.9 Å². The molecule has 0 aliphatic carbocycles. The van der Waals surface area contributed by atoms with E-state index >= 15 is 0 Å². The highest BCUT2D eigenvalue weighted by molar-refractivity contribution is 9.10. The standard InChI is InChI=1S/C19H15BrN2O3S/c1-11-17(24)22(14-9-7-13(20)8-10-14)19(26-11)15-5-3-4-6-16(15)21(12(2)23)18(19)25/h3-11H,1-2H3/t11-,19+/m0/s1. The molecule has 132 valence electrons. The van der Waals surface area contributed by atoms with E-state index in [-0.39, 0.29) is 11.8 Å². The number of benzene rings is 2. The molecule has 0 unspecified atom stereocenters. The van der Waals surface area contributed by atoms with Gasteiger partial charge in [-0.15, -0.1) is 11.8 Å². The Morgan fingerprint density at radius 1 is 1.12 bits per heavy atom. The maximum absolute atomic E-state index is 13.5. The van der Waals surface area contributed by atoms with Crippen LogP contribution in [0, 0.1) is 0 Å². The maximum atomic E-state index is 13.5. The van der Waals surface area contributed by atoms with Crippen molar-refractivity contribution >= 4 is 56.8 Å². The molecule has 0 radical (unpaired) electrons. The van der Waals surface area contributed by atoms with Crippen molar-refractivity contribution < 1.29 is 14.4 Å². The summed E-state index contributed by atoms with van der Waals surface area (Å²) in [5, 5.41) is -0.400. The van der Waals surface area contributed by atoms with Crippen molar-refractivity contribution in [2.45, 2.75) is 24.0 Å². The molecule has 2 heterocycles. The fourth-order valence-corrected chi connectivity index (χ4v) is 5.34. The van der Waals surface area contributed by atoms with Crippen molar-refractivity contribution in [1.82, 2.24) is 0 Å². The Balaban J connectivity index is 1.98. The van der Waals surface area contributed by atoms with Crippen molar-refractivity contribution in [2.24, 2.45) is 0 Å². The van der Waals surface area contributed by atoms with Gasteiger partial charge in [0.2, 0.25) is 16.7 Å². The number of amides is 3. The Kier molecular flexibility index (Phi) is 3.96. The SMILES string of the molecule is CC(=O)N1C(=O)[C@]2(S[C@@H](C)C(=O)N2c2ccc(Br)cc2)c2ccccc21. The number of thioether (sulfide) groups is 1. The lowest BCUT2D eigenvalue weighted by Crippen LogP contribution is -2.50. The molecule has 2 atom stereocenters. The van der Waals surface area contributed by atoms with Crippen LogP contribution < -0.4 is 9.80 Å². The number of para-hydroxylation sites is 1. The molecule has 1 spiro atoms. The largest absolute Gasteiger partial charge is 0.283 e. The molecule has 1 fully saturated rings. The molecule has 26 heavy (non-hydrogen) atoms. The van der Waals surface area contributed by atoms with Gasteiger partial charge in [-0.2, -0.15) is 0 Å². The smallest absolute Gasteiger partial charge is 0.275 e. The monoisotopic (exact) mass is 430 g/mol. The number of imide groups is 1. The molecule has 4 rings (SSSR count). The highest BCUT2D eigenvalue weighted by Crippen LogP contribution is 2.57. The minimum Gasteiger partial charge on any atom is -0.283 e. The second-order valence-electron chi connectivity index (χ2n) is 6.23. The first kappa shape index (κ1) is 17.3. The summed E-state index contributed by atoms with van der Waals surface area (Å²) in [7, 11) is 0. The third kappa shape index (κ3) is 2.20. The average molecular weight is 431 g/mol. The van der Waals surface area contributed by atoms with Crippen LogP contribution in [0.1, 0.15) is 19.4 Å². The van der Waals surface area contributed by atoms with Gasteiger partial charge in [0.15, 0.2) is 0 Å². The first-order valence-corrected chi connectivity index (χ1v) is 9.77. The van der Waals surface area contributed by atoms with Gasteiger partial charge in [0, 0.05) is 22.6 Å². The Hall–Kier alpha value is -2.12. The zero-order valence-electron chi connectivity index (χ0n) is 14.1. The van der Waals surface area contributed by atoms with Crippen LogP contribution in [0.15, 0.2) is 53.0 Å². The van der Waals surface area contributed by atoms with Crippen LogP contribution >= 0.6 is 27.7 Å². The lowest BCUT2D eigenvalue weighted by molar-refractivity contribution is -0.128. The van der Waals surface area contributed by atoms with Crippen LogP contribution in [0.3, 0.4) is 0 Å². The van der Waals surface area contributed by atoms with E-state index in [4.69, 9.17) is 0 Å². The number of hydrogen-bond donors (Lipinski definition) is 0. The molecule has 2 aliphatic heterocycles. The average Bonchev–Trinajstić information content (AvgIpc) is 3.02. The van der Waals surface area contributed by atoms with Gasteiger partial charge >= 0.3 is 0 Å². The summed E-state index contributed by atoms with van der Waals surface area (Å²) in [4.78, 5) is 40.1. The summed E-state index contributed by atoms with van der Waals surface area (Å²) in [6.07, 6.45) is 0. The predicted octanol–water partition coefficient (Wildman–Crippen LogP) is 3.66. The third-order valence-electron chi connectivity index (χ3n) is 4.63. The highest BCUT2D eigenvalue weighted by Gasteiger charge is 2.63. The van der Waals surface area contributed by atoms with E-state index in [9.17, 15) is 14.4 Å². The molecular weight excluding hydrogens is 416 g/mol. The number of fused-ring (bicyclic) bond motifs is 2. The van der Waals surface area contributed by atoms with Crippen LogP contribution in [-0.4, -0.2) is 23.0 Å². The normalized spacial score (nSPS) is 24.5. The van der Waals surface area contributed by atoms with Crippen LogP contribution in [0.2, 0.25) is 0 Å². The van der Waals surface area contributed by atoms with Gasteiger partial charge in [-0.05, 0) is 37.3 Å². The summed E-state index contributed by atoms with van der Waals surface area (Å²) in [6.45, 7) is 3.16. The molecule has 0 aromatic heterocycles. The first-order chi connectivity index (χ1) is 12.4. The van der Waals surface area contributed by atoms with E-state index in [1.54, 1.807) is 36.1 Å². The molecule has 0 N–H and O–H groups in total. The molecule has 0 saturated carbocycles. The maximum Gasteiger partial charge on any atom is 0.275 e. The number of carbonyl (C=O) groups is 3. The molecule has 5 nitrogen and oxygen atoms in total. The molecular formula is C19H15BrN2O3S. The Bertz CT molecular complexity index is 946. The third-order valence-corrected chi connectivity index (χ3v) is 6.64. The van der Waals surface area contributed by atoms with Gasteiger partial charge < -0.3 is 0 Å². The van der Waals surface area contributed by atoms with Gasteiger partial charge in [-0.3, -0.25) is 19.3 Å². The molecule has 2 aromatic carbocycles. The number of nitrogens with zero attached hydrogens (tertiary/aromatic N) is 2. The Labute approximate surface area is 163 Å². The molecule has 0 bridgehead atoms. The van der Waals surface area contributed by atoms with Crippen LogP contribution in [0.4, 0.5) is 11.4 Å². The Morgan fingerprint density at radius 2 is 1.77 bits per heavy atom. The molecule has 7 heteroatoms. The van der Waals surface area contributed by atoms with Crippen LogP contribution in [-0.2, 0) is 19.3 Å². The van der Waals surface area contributed by atoms with E-state index in [0.717, 1.165) is 4.47 Å². The number of hydrogen-bond acceptors (Lipinski definition) is 4. The minimum atomic E-state index is -1.26. The van der Waals surface area contributed by atoms with E-state index in [1.165, 1.54) is 23.6 Å². The van der Waals surface area contributed by atoms with Gasteiger partial charge in [-0.25, -0.2) is 4.90 Å². The minimum absolute atomic E-state index is 0.147. The number of halogens is 1. The predicted molar refractivity (Wildman–Crippen MR) is 105 cm³/mol. The zero-order valence-corrected chi connectivity index (χ0v) is 16.5. The number of rotatable bonds is 1. The van der Waals surface area contributed by atoms with E-state index < -0.39 is 16.0 Å². The second kappa shape index (κ2) is 5.96.